The molecule has 2 heterocycles. The maximum Gasteiger partial charge on any atom is 0.263 e. The zero-order chi connectivity index (χ0) is 26.0. The lowest BCUT2D eigenvalue weighted by Crippen LogP contribution is -2.44. The number of rotatable bonds is 7. The molecule has 1 unspecified atom stereocenters. The third kappa shape index (κ3) is 5.91. The van der Waals surface area contributed by atoms with Gasteiger partial charge in [-0.2, -0.15) is 0 Å². The zero-order valence-electron chi connectivity index (χ0n) is 20.3. The lowest BCUT2D eigenvalue weighted by atomic mass is 10.1. The number of Topliss-reactive ketones (excluding diaryl/α,β-unsaturated/α-hetero) is 1. The molecular formula is C25H28FN5O4S. The summed E-state index contributed by atoms with van der Waals surface area (Å²) in [6.07, 6.45) is 2.66. The van der Waals surface area contributed by atoms with Gasteiger partial charge in [0.15, 0.2) is 6.10 Å². The van der Waals surface area contributed by atoms with Crippen LogP contribution in [0.3, 0.4) is 0 Å². The molecule has 0 aliphatic carbocycles. The van der Waals surface area contributed by atoms with E-state index < -0.39 is 21.6 Å². The molecule has 36 heavy (non-hydrogen) atoms. The summed E-state index contributed by atoms with van der Waals surface area (Å²) in [5.41, 5.74) is 2.45. The van der Waals surface area contributed by atoms with Crippen molar-refractivity contribution in [2.45, 2.75) is 32.8 Å². The van der Waals surface area contributed by atoms with Gasteiger partial charge >= 0.3 is 0 Å². The minimum absolute atomic E-state index is 0.133. The van der Waals surface area contributed by atoms with Gasteiger partial charge in [-0.15, -0.1) is 0 Å². The van der Waals surface area contributed by atoms with E-state index in [-0.39, 0.29) is 17.4 Å². The van der Waals surface area contributed by atoms with Gasteiger partial charge in [0.2, 0.25) is 0 Å². The second-order valence-corrected chi connectivity index (χ2v) is 11.1. The highest BCUT2D eigenvalue weighted by Gasteiger charge is 2.26. The maximum atomic E-state index is 14.1. The molecule has 190 valence electrons. The highest BCUT2D eigenvalue weighted by Crippen LogP contribution is 2.33. The molecule has 2 atom stereocenters. The first-order valence-electron chi connectivity index (χ1n) is 11.4. The number of benzene rings is 2. The first-order chi connectivity index (χ1) is 17.0. The molecule has 2 aromatic carbocycles. The number of aryl methyl sites for hydroxylation is 1. The zero-order valence-corrected chi connectivity index (χ0v) is 21.2. The van der Waals surface area contributed by atoms with Gasteiger partial charge in [0.1, 0.15) is 29.5 Å². The van der Waals surface area contributed by atoms with Crippen molar-refractivity contribution in [2.24, 2.45) is 0 Å². The Bertz CT molecular complexity index is 1430. The molecule has 2 N–H and O–H groups in total. The van der Waals surface area contributed by atoms with Gasteiger partial charge in [0.05, 0.1) is 11.2 Å². The number of anilines is 3. The summed E-state index contributed by atoms with van der Waals surface area (Å²) < 4.78 is 35.0. The van der Waals surface area contributed by atoms with Gasteiger partial charge in [-0.1, -0.05) is 0 Å². The number of nitrogens with zero attached hydrogens (tertiary/aromatic N) is 3. The molecule has 1 aromatic heterocycles. The monoisotopic (exact) mass is 513 g/mol. The van der Waals surface area contributed by atoms with Crippen LogP contribution in [0.15, 0.2) is 36.7 Å². The molecule has 4 rings (SSSR count). The Labute approximate surface area is 209 Å². The smallest absolute Gasteiger partial charge is 0.263 e. The molecule has 1 aliphatic rings. The molecule has 11 heteroatoms. The van der Waals surface area contributed by atoms with Crippen LogP contribution in [0.1, 0.15) is 25.3 Å². The Morgan fingerprint density at radius 3 is 2.64 bits per heavy atom. The first-order valence-corrected chi connectivity index (χ1v) is 13.5. The van der Waals surface area contributed by atoms with E-state index in [4.69, 9.17) is 4.74 Å². The molecule has 1 aliphatic heterocycles. The highest BCUT2D eigenvalue weighted by molar-refractivity contribution is 8.00. The van der Waals surface area contributed by atoms with Crippen molar-refractivity contribution >= 4 is 55.4 Å². The van der Waals surface area contributed by atoms with Crippen molar-refractivity contribution in [3.05, 3.63) is 48.0 Å². The number of nitrogens with one attached hydrogen (secondary N) is 2. The van der Waals surface area contributed by atoms with Gasteiger partial charge in [0.25, 0.3) is 5.91 Å². The number of ketones is 1. The lowest BCUT2D eigenvalue weighted by molar-refractivity contribution is -0.140. The van der Waals surface area contributed by atoms with E-state index in [9.17, 15) is 18.2 Å². The average Bonchev–Trinajstić information content (AvgIpc) is 2.79. The molecule has 0 saturated carbocycles. The SMILES string of the molecule is C=S(C)(=O)Nc1cc(C)c2c(Nc3ccc(F)cc3O[C@H](C)C(=O)N3CCC(=O)CC3)ncnc2c1. The van der Waals surface area contributed by atoms with Crippen LogP contribution >= 0.6 is 0 Å². The number of hydrogen-bond donors (Lipinski definition) is 2. The third-order valence-corrected chi connectivity index (χ3v) is 6.42. The minimum atomic E-state index is -2.47. The van der Waals surface area contributed by atoms with Gasteiger partial charge < -0.3 is 19.7 Å². The summed E-state index contributed by atoms with van der Waals surface area (Å²) in [6, 6.07) is 7.56. The Kier molecular flexibility index (Phi) is 7.11. The maximum absolute atomic E-state index is 14.1. The fourth-order valence-electron chi connectivity index (χ4n) is 4.09. The average molecular weight is 514 g/mol. The van der Waals surface area contributed by atoms with Crippen molar-refractivity contribution in [2.75, 3.05) is 29.4 Å². The number of aromatic nitrogens is 2. The van der Waals surface area contributed by atoms with Crippen LogP contribution in [-0.2, 0) is 19.3 Å². The van der Waals surface area contributed by atoms with Crippen molar-refractivity contribution < 1.29 is 22.9 Å². The van der Waals surface area contributed by atoms with Crippen molar-refractivity contribution in [3.63, 3.8) is 0 Å². The van der Waals surface area contributed by atoms with Gasteiger partial charge in [0, 0.05) is 59.0 Å². The molecule has 9 nitrogen and oxygen atoms in total. The fraction of sp³-hybridized carbons (Fsp3) is 0.320. The van der Waals surface area contributed by atoms with Crippen LogP contribution in [0.5, 0.6) is 5.75 Å². The predicted molar refractivity (Wildman–Crippen MR) is 140 cm³/mol. The molecule has 0 spiro atoms. The number of likely N-dealkylation sites (tertiary alicyclic amines) is 1. The quantitative estimate of drug-likeness (QED) is 0.465. The van der Waals surface area contributed by atoms with E-state index in [1.54, 1.807) is 17.9 Å². The number of carbonyl (C=O) groups is 2. The van der Waals surface area contributed by atoms with Crippen LogP contribution in [0, 0.1) is 12.7 Å². The predicted octanol–water partition coefficient (Wildman–Crippen LogP) is 3.45. The summed E-state index contributed by atoms with van der Waals surface area (Å²) >= 11 is 0. The van der Waals surface area contributed by atoms with Gasteiger partial charge in [-0.3, -0.25) is 9.59 Å². The summed E-state index contributed by atoms with van der Waals surface area (Å²) in [5.74, 6) is 3.58. The summed E-state index contributed by atoms with van der Waals surface area (Å²) in [7, 11) is -2.47. The van der Waals surface area contributed by atoms with Crippen LogP contribution in [0.4, 0.5) is 21.6 Å². The Hall–Kier alpha value is -3.73. The molecule has 1 fully saturated rings. The number of piperidine rings is 1. The number of carbonyl (C=O) groups excluding carboxylic acids is 2. The van der Waals surface area contributed by atoms with Gasteiger partial charge in [-0.05, 0) is 49.5 Å². The molecule has 3 aromatic rings. The Morgan fingerprint density at radius 2 is 1.94 bits per heavy atom. The van der Waals surface area contributed by atoms with E-state index in [0.29, 0.717) is 54.0 Å². The third-order valence-electron chi connectivity index (χ3n) is 5.75. The van der Waals surface area contributed by atoms with Crippen LogP contribution in [0.2, 0.25) is 0 Å². The normalized spacial score (nSPS) is 16.3. The van der Waals surface area contributed by atoms with Crippen LogP contribution in [-0.4, -0.2) is 62.1 Å². The number of halogens is 1. The topological polar surface area (TPSA) is 114 Å². The van der Waals surface area contributed by atoms with Crippen molar-refractivity contribution in [1.82, 2.24) is 14.9 Å². The van der Waals surface area contributed by atoms with E-state index in [2.05, 4.69) is 25.9 Å². The molecular weight excluding hydrogens is 485 g/mol. The Morgan fingerprint density at radius 1 is 1.22 bits per heavy atom. The first kappa shape index (κ1) is 25.4. The largest absolute Gasteiger partial charge is 0.479 e. The van der Waals surface area contributed by atoms with Gasteiger partial charge in [-0.25, -0.2) is 18.6 Å². The van der Waals surface area contributed by atoms with E-state index in [0.717, 1.165) is 5.56 Å². The molecule has 1 amide bonds. The molecule has 0 bridgehead atoms. The highest BCUT2D eigenvalue weighted by atomic mass is 32.2. The lowest BCUT2D eigenvalue weighted by Gasteiger charge is -2.29. The second kappa shape index (κ2) is 10.1. The number of hydrogen-bond acceptors (Lipinski definition) is 7. The second-order valence-electron chi connectivity index (χ2n) is 8.91. The fourth-order valence-corrected chi connectivity index (χ4v) is 4.71. The molecule has 1 saturated heterocycles. The van der Waals surface area contributed by atoms with E-state index >= 15 is 0 Å². The number of amides is 1. The standard InChI is InChI=1S/C25H28FN5O4S/c1-15-11-18(30-36(3,4)34)13-21-23(15)24(28-14-27-21)29-20-6-5-17(26)12-22(20)35-16(2)25(33)31-9-7-19(32)8-10-31/h5-6,11-14,16H,3,7-10H2,1-2,4H3,(H,30,34)(H,27,28,29)/t16-,36?/m1/s1. The summed E-state index contributed by atoms with van der Waals surface area (Å²) in [4.78, 5) is 34.6. The number of ether oxygens (including phenoxy) is 1. The Balaban J connectivity index is 1.61. The summed E-state index contributed by atoms with van der Waals surface area (Å²) in [6.45, 7) is 4.17. The van der Waals surface area contributed by atoms with E-state index in [1.165, 1.54) is 30.8 Å². The van der Waals surface area contributed by atoms with Crippen molar-refractivity contribution in [3.8, 4) is 5.75 Å². The van der Waals surface area contributed by atoms with Crippen LogP contribution < -0.4 is 14.8 Å². The minimum Gasteiger partial charge on any atom is -0.479 e. The molecule has 0 radical (unpaired) electrons. The summed E-state index contributed by atoms with van der Waals surface area (Å²) in [5, 5.41) is 3.89. The van der Waals surface area contributed by atoms with Crippen LogP contribution in [0.25, 0.3) is 10.9 Å². The number of fused-ring (bicyclic) bond motifs is 1. The van der Waals surface area contributed by atoms with Crippen molar-refractivity contribution in [1.29, 1.82) is 0 Å². The van der Waals surface area contributed by atoms with E-state index in [1.807, 2.05) is 13.0 Å².